The molecule has 0 aliphatic carbocycles. The molecule has 1 heterocycles. The summed E-state index contributed by atoms with van der Waals surface area (Å²) in [5.41, 5.74) is 1.36. The molecular weight excluding hydrogens is 458 g/mol. The summed E-state index contributed by atoms with van der Waals surface area (Å²) in [7, 11) is -2.05. The molecule has 2 aromatic carbocycles. The Morgan fingerprint density at radius 1 is 1.09 bits per heavy atom. The minimum atomic E-state index is -3.59. The lowest BCUT2D eigenvalue weighted by molar-refractivity contribution is -0.141. The van der Waals surface area contributed by atoms with Crippen LogP contribution in [0.25, 0.3) is 0 Å². The summed E-state index contributed by atoms with van der Waals surface area (Å²) in [4.78, 5) is 27.3. The maximum Gasteiger partial charge on any atom is 0.242 e. The molecule has 9 nitrogen and oxygen atoms in total. The Hall–Kier alpha value is -3.27. The summed E-state index contributed by atoms with van der Waals surface area (Å²) < 4.78 is 36.8. The van der Waals surface area contributed by atoms with Gasteiger partial charge in [0.15, 0.2) is 11.5 Å². The number of sulfonamides is 1. The highest BCUT2D eigenvalue weighted by Gasteiger charge is 2.28. The molecule has 1 aliphatic heterocycles. The fourth-order valence-electron chi connectivity index (χ4n) is 3.91. The molecule has 3 rings (SSSR count). The Bertz CT molecular complexity index is 1110. The molecule has 0 fully saturated rings. The van der Waals surface area contributed by atoms with Crippen LogP contribution in [0.1, 0.15) is 31.7 Å². The van der Waals surface area contributed by atoms with E-state index in [2.05, 4.69) is 5.32 Å². The number of amides is 2. The first kappa shape index (κ1) is 25.4. The smallest absolute Gasteiger partial charge is 0.242 e. The predicted molar refractivity (Wildman–Crippen MR) is 129 cm³/mol. The van der Waals surface area contributed by atoms with Gasteiger partial charge in [-0.15, -0.1) is 0 Å². The lowest BCUT2D eigenvalue weighted by atomic mass is 10.1. The summed E-state index contributed by atoms with van der Waals surface area (Å²) in [6.07, 6.45) is 1.97. The van der Waals surface area contributed by atoms with E-state index in [1.165, 1.54) is 4.31 Å². The second-order valence-electron chi connectivity index (χ2n) is 8.02. The lowest BCUT2D eigenvalue weighted by Gasteiger charge is -2.30. The number of nitrogens with zero attached hydrogens (tertiary/aromatic N) is 2. The van der Waals surface area contributed by atoms with Crippen molar-refractivity contribution in [2.75, 3.05) is 30.9 Å². The molecule has 0 unspecified atom stereocenters. The van der Waals surface area contributed by atoms with Gasteiger partial charge >= 0.3 is 0 Å². The van der Waals surface area contributed by atoms with E-state index < -0.39 is 16.1 Å². The summed E-state index contributed by atoms with van der Waals surface area (Å²) >= 11 is 0. The van der Waals surface area contributed by atoms with Crippen molar-refractivity contribution in [3.63, 3.8) is 0 Å². The number of hydrogen-bond acceptors (Lipinski definition) is 6. The Morgan fingerprint density at radius 3 is 2.44 bits per heavy atom. The molecule has 10 heteroatoms. The number of nitrogens with one attached hydrogen (secondary N) is 1. The Morgan fingerprint density at radius 2 is 1.79 bits per heavy atom. The van der Waals surface area contributed by atoms with E-state index in [0.29, 0.717) is 30.2 Å². The average Bonchev–Trinajstić information content (AvgIpc) is 3.29. The first-order valence-corrected chi connectivity index (χ1v) is 13.0. The zero-order chi connectivity index (χ0) is 24.7. The third-order valence-corrected chi connectivity index (χ3v) is 6.82. The van der Waals surface area contributed by atoms with Gasteiger partial charge in [0.05, 0.1) is 11.9 Å². The number of carbonyl (C=O) groups excluding carboxylic acids is 2. The van der Waals surface area contributed by atoms with Gasteiger partial charge in [-0.25, -0.2) is 8.42 Å². The second-order valence-corrected chi connectivity index (χ2v) is 9.93. The maximum atomic E-state index is 13.2. The van der Waals surface area contributed by atoms with Crippen LogP contribution in [0.2, 0.25) is 0 Å². The van der Waals surface area contributed by atoms with Crippen LogP contribution in [0.15, 0.2) is 48.5 Å². The lowest BCUT2D eigenvalue weighted by Crippen LogP contribution is -2.48. The van der Waals surface area contributed by atoms with Gasteiger partial charge in [-0.1, -0.05) is 37.3 Å². The van der Waals surface area contributed by atoms with E-state index in [0.717, 1.165) is 11.8 Å². The van der Waals surface area contributed by atoms with Crippen LogP contribution in [0.5, 0.6) is 11.5 Å². The topological polar surface area (TPSA) is 105 Å². The van der Waals surface area contributed by atoms with E-state index in [-0.39, 0.29) is 38.0 Å². The van der Waals surface area contributed by atoms with Crippen molar-refractivity contribution in [1.82, 2.24) is 10.2 Å². The minimum Gasteiger partial charge on any atom is -0.454 e. The maximum absolute atomic E-state index is 13.2. The average molecular weight is 490 g/mol. The third kappa shape index (κ3) is 6.19. The van der Waals surface area contributed by atoms with E-state index in [9.17, 15) is 18.0 Å². The largest absolute Gasteiger partial charge is 0.454 e. The number of rotatable bonds is 11. The van der Waals surface area contributed by atoms with Crippen LogP contribution in [0.4, 0.5) is 5.69 Å². The number of benzene rings is 2. The zero-order valence-corrected chi connectivity index (χ0v) is 20.5. The second kappa shape index (κ2) is 11.2. The normalized spacial score (nSPS) is 13.3. The summed E-state index contributed by atoms with van der Waals surface area (Å²) in [5, 5.41) is 2.63. The van der Waals surface area contributed by atoms with Crippen LogP contribution >= 0.6 is 0 Å². The summed E-state index contributed by atoms with van der Waals surface area (Å²) in [6, 6.07) is 13.8. The first-order chi connectivity index (χ1) is 16.2. The molecule has 0 radical (unpaired) electrons. The molecule has 0 spiro atoms. The van der Waals surface area contributed by atoms with Crippen molar-refractivity contribution >= 4 is 27.5 Å². The standard InChI is InChI=1S/C24H31N3O6S/c1-4-20(24(29)25-2)26(16-18-9-6-5-7-10-18)23(28)11-8-14-27(34(3,30)31)19-12-13-21-22(15-19)33-17-32-21/h5-7,9-10,12-13,15,20H,4,8,11,14,16-17H2,1-3H3,(H,25,29)/t20-/m1/s1. The fourth-order valence-corrected chi connectivity index (χ4v) is 4.87. The van der Waals surface area contributed by atoms with Gasteiger partial charge in [-0.05, 0) is 30.5 Å². The quantitative estimate of drug-likeness (QED) is 0.520. The van der Waals surface area contributed by atoms with Gasteiger partial charge in [0, 0.05) is 32.6 Å². The number of anilines is 1. The number of fused-ring (bicyclic) bond motifs is 1. The highest BCUT2D eigenvalue weighted by atomic mass is 32.2. The highest BCUT2D eigenvalue weighted by molar-refractivity contribution is 7.92. The van der Waals surface area contributed by atoms with Gasteiger partial charge in [0.25, 0.3) is 0 Å². The monoisotopic (exact) mass is 489 g/mol. The number of hydrogen-bond donors (Lipinski definition) is 1. The van der Waals surface area contributed by atoms with E-state index in [1.54, 1.807) is 30.1 Å². The molecule has 1 aliphatic rings. The molecular formula is C24H31N3O6S. The molecule has 1 N–H and O–H groups in total. The minimum absolute atomic E-state index is 0.0906. The van der Waals surface area contributed by atoms with Crippen molar-refractivity contribution in [2.24, 2.45) is 0 Å². The Kier molecular flexibility index (Phi) is 8.38. The van der Waals surface area contributed by atoms with Crippen molar-refractivity contribution in [3.05, 3.63) is 54.1 Å². The molecule has 184 valence electrons. The van der Waals surface area contributed by atoms with Crippen LogP contribution in [0.3, 0.4) is 0 Å². The van der Waals surface area contributed by atoms with Crippen molar-refractivity contribution in [3.8, 4) is 11.5 Å². The molecule has 34 heavy (non-hydrogen) atoms. The molecule has 1 atom stereocenters. The van der Waals surface area contributed by atoms with Crippen LogP contribution in [-0.4, -0.2) is 57.8 Å². The number of carbonyl (C=O) groups is 2. The van der Waals surface area contributed by atoms with Crippen molar-refractivity contribution in [2.45, 2.75) is 38.8 Å². The van der Waals surface area contributed by atoms with Crippen molar-refractivity contribution < 1.29 is 27.5 Å². The predicted octanol–water partition coefficient (Wildman–Crippen LogP) is 2.51. The van der Waals surface area contributed by atoms with Crippen LogP contribution in [-0.2, 0) is 26.2 Å². The number of ether oxygens (including phenoxy) is 2. The fraction of sp³-hybridized carbons (Fsp3) is 0.417. The van der Waals surface area contributed by atoms with Gasteiger partial charge < -0.3 is 19.7 Å². The van der Waals surface area contributed by atoms with Gasteiger partial charge in [-0.3, -0.25) is 13.9 Å². The molecule has 2 amide bonds. The molecule has 0 saturated heterocycles. The summed E-state index contributed by atoms with van der Waals surface area (Å²) in [5.74, 6) is 0.597. The molecule has 0 saturated carbocycles. The Balaban J connectivity index is 1.73. The molecule has 2 aromatic rings. The van der Waals surface area contributed by atoms with Crippen molar-refractivity contribution in [1.29, 1.82) is 0 Å². The first-order valence-electron chi connectivity index (χ1n) is 11.2. The van der Waals surface area contributed by atoms with E-state index >= 15 is 0 Å². The van der Waals surface area contributed by atoms with Gasteiger partial charge in [-0.2, -0.15) is 0 Å². The molecule has 0 bridgehead atoms. The number of likely N-dealkylation sites (N-methyl/N-ethyl adjacent to an activating group) is 1. The van der Waals surface area contributed by atoms with E-state index in [1.807, 2.05) is 37.3 Å². The third-order valence-electron chi connectivity index (χ3n) is 5.62. The van der Waals surface area contributed by atoms with E-state index in [4.69, 9.17) is 9.47 Å². The SMILES string of the molecule is CC[C@H](C(=O)NC)N(Cc1ccccc1)C(=O)CCCN(c1ccc2c(c1)OCO2)S(C)(=O)=O. The summed E-state index contributed by atoms with van der Waals surface area (Å²) in [6.45, 7) is 2.35. The highest BCUT2D eigenvalue weighted by Crippen LogP contribution is 2.36. The van der Waals surface area contributed by atoms with Gasteiger partial charge in [0.1, 0.15) is 6.04 Å². The van der Waals surface area contributed by atoms with Gasteiger partial charge in [0.2, 0.25) is 28.6 Å². The van der Waals surface area contributed by atoms with Crippen LogP contribution < -0.4 is 19.1 Å². The zero-order valence-electron chi connectivity index (χ0n) is 19.7. The van der Waals surface area contributed by atoms with Crippen LogP contribution in [0, 0.1) is 0 Å². The Labute approximate surface area is 200 Å². The molecule has 0 aromatic heterocycles.